The molecule has 1 spiro atoms. The number of carbonyl (C=O) groups is 7. The summed E-state index contributed by atoms with van der Waals surface area (Å²) in [5.74, 6) is -10.7. The molecule has 18 heteroatoms. The van der Waals surface area contributed by atoms with E-state index in [0.717, 1.165) is 34.6 Å². The number of nitrogens with zero attached hydrogens (tertiary/aromatic N) is 1. The predicted molar refractivity (Wildman–Crippen MR) is 196 cm³/mol. The van der Waals surface area contributed by atoms with E-state index in [4.69, 9.17) is 37.9 Å². The molecule has 4 aliphatic rings. The number of fused-ring (bicyclic) bond motifs is 5. The van der Waals surface area contributed by atoms with Crippen molar-refractivity contribution in [1.82, 2.24) is 4.98 Å². The Labute approximate surface area is 338 Å². The van der Waals surface area contributed by atoms with Crippen LogP contribution in [0.4, 0.5) is 0 Å². The quantitative estimate of drug-likeness (QED) is 0.298. The molecule has 4 bridgehead atoms. The first-order valence-electron chi connectivity index (χ1n) is 19.0. The van der Waals surface area contributed by atoms with Crippen LogP contribution >= 0.6 is 0 Å². The van der Waals surface area contributed by atoms with E-state index in [0.29, 0.717) is 0 Å². The molecule has 2 aromatic rings. The highest BCUT2D eigenvalue weighted by Crippen LogP contribution is 2.69. The lowest BCUT2D eigenvalue weighted by molar-refractivity contribution is -0.386. The number of pyridine rings is 1. The molecule has 318 valence electrons. The van der Waals surface area contributed by atoms with Gasteiger partial charge in [0.2, 0.25) is 0 Å². The molecule has 1 aromatic carbocycles. The number of aromatic nitrogens is 1. The Morgan fingerprint density at radius 3 is 2.02 bits per heavy atom. The standard InChI is InChI=1S/C41H47NO17/c1-19-20(2)35(48)58-32-30(54-22(4)44)34(56-24(6)46)40(18-52-21(3)43)33(55-23(5)45)29(57-36(49)25-13-10-9-11-14-25)27-31(47)41(40,39(32,8)51)59-38(27,7)17-53-37(50)26-15-12-16-42-28(19)26/h9-16,19-20,27,29-34,47,51H,17-18H2,1-8H3. The number of aliphatic hydroxyl groups excluding tert-OH is 1. The second kappa shape index (κ2) is 15.6. The van der Waals surface area contributed by atoms with Crippen LogP contribution in [-0.2, 0) is 61.9 Å². The highest BCUT2D eigenvalue weighted by molar-refractivity contribution is 5.91. The number of esters is 7. The summed E-state index contributed by atoms with van der Waals surface area (Å²) in [5.41, 5.74) is -10.1. The van der Waals surface area contributed by atoms with Gasteiger partial charge < -0.3 is 48.1 Å². The summed E-state index contributed by atoms with van der Waals surface area (Å²) in [6.45, 7) is 7.71. The van der Waals surface area contributed by atoms with Crippen LogP contribution in [0.2, 0.25) is 0 Å². The van der Waals surface area contributed by atoms with Gasteiger partial charge in [-0.15, -0.1) is 0 Å². The summed E-state index contributed by atoms with van der Waals surface area (Å²) in [5, 5.41) is 26.3. The van der Waals surface area contributed by atoms with Crippen molar-refractivity contribution in [2.24, 2.45) is 17.3 Å². The van der Waals surface area contributed by atoms with Gasteiger partial charge in [0.05, 0.1) is 34.8 Å². The van der Waals surface area contributed by atoms with Crippen molar-refractivity contribution in [3.8, 4) is 0 Å². The van der Waals surface area contributed by atoms with Gasteiger partial charge in [-0.05, 0) is 38.1 Å². The van der Waals surface area contributed by atoms with Crippen molar-refractivity contribution < 1.29 is 81.7 Å². The number of benzene rings is 1. The number of carbonyl (C=O) groups excluding carboxylic acids is 7. The second-order valence-corrected chi connectivity index (χ2v) is 15.9. The summed E-state index contributed by atoms with van der Waals surface area (Å²) in [7, 11) is 0. The minimum Gasteiger partial charge on any atom is -0.465 e. The molecule has 59 heavy (non-hydrogen) atoms. The topological polar surface area (TPSA) is 247 Å². The van der Waals surface area contributed by atoms with E-state index in [1.807, 2.05) is 0 Å². The van der Waals surface area contributed by atoms with Crippen LogP contribution in [0.5, 0.6) is 0 Å². The van der Waals surface area contributed by atoms with E-state index in [1.54, 1.807) is 25.1 Å². The van der Waals surface area contributed by atoms with Gasteiger partial charge >= 0.3 is 41.8 Å². The Balaban J connectivity index is 1.74. The lowest BCUT2D eigenvalue weighted by atomic mass is 9.45. The van der Waals surface area contributed by atoms with Gasteiger partial charge in [0.15, 0.2) is 24.4 Å². The van der Waals surface area contributed by atoms with E-state index < -0.39 is 132 Å². The smallest absolute Gasteiger partial charge is 0.340 e. The first kappa shape index (κ1) is 43.1. The lowest BCUT2D eigenvalue weighted by Crippen LogP contribution is -2.89. The molecule has 2 saturated carbocycles. The highest BCUT2D eigenvalue weighted by atomic mass is 16.7. The maximum Gasteiger partial charge on any atom is 0.340 e. The number of hydrogen-bond acceptors (Lipinski definition) is 18. The van der Waals surface area contributed by atoms with Crippen molar-refractivity contribution in [3.05, 3.63) is 65.5 Å². The summed E-state index contributed by atoms with van der Waals surface area (Å²) in [6.07, 6.45) is -10.8. The van der Waals surface area contributed by atoms with Crippen LogP contribution in [0.1, 0.15) is 87.7 Å². The average Bonchev–Trinajstić information content (AvgIpc) is 3.37. The van der Waals surface area contributed by atoms with Crippen LogP contribution in [0.25, 0.3) is 0 Å². The molecule has 1 saturated heterocycles. The van der Waals surface area contributed by atoms with Crippen LogP contribution in [0.15, 0.2) is 48.7 Å². The summed E-state index contributed by atoms with van der Waals surface area (Å²) >= 11 is 0. The molecule has 6 rings (SSSR count). The van der Waals surface area contributed by atoms with Gasteiger partial charge in [-0.3, -0.25) is 29.0 Å². The fourth-order valence-corrected chi connectivity index (χ4v) is 9.53. The second-order valence-electron chi connectivity index (χ2n) is 15.9. The number of aliphatic hydroxyl groups is 2. The first-order chi connectivity index (χ1) is 27.6. The molecule has 2 aliphatic carbocycles. The molecule has 13 unspecified atom stereocenters. The fraction of sp³-hybridized carbons (Fsp3) is 0.561. The summed E-state index contributed by atoms with van der Waals surface area (Å²) < 4.78 is 48.6. The van der Waals surface area contributed by atoms with E-state index in [9.17, 15) is 43.8 Å². The fourth-order valence-electron chi connectivity index (χ4n) is 9.53. The molecule has 2 N–H and O–H groups in total. The minimum atomic E-state index is -2.81. The molecular weight excluding hydrogens is 778 g/mol. The Bertz CT molecular complexity index is 2040. The zero-order valence-electron chi connectivity index (χ0n) is 33.7. The number of ether oxygens (including phenoxy) is 8. The van der Waals surface area contributed by atoms with Crippen LogP contribution in [0, 0.1) is 17.3 Å². The van der Waals surface area contributed by atoms with Crippen LogP contribution in [0.3, 0.4) is 0 Å². The number of rotatable bonds is 7. The third-order valence-electron chi connectivity index (χ3n) is 12.1. The third-order valence-corrected chi connectivity index (χ3v) is 12.1. The third kappa shape index (κ3) is 6.89. The largest absolute Gasteiger partial charge is 0.465 e. The summed E-state index contributed by atoms with van der Waals surface area (Å²) in [4.78, 5) is 99.2. The van der Waals surface area contributed by atoms with Crippen LogP contribution < -0.4 is 0 Å². The maximum atomic E-state index is 14.3. The van der Waals surface area contributed by atoms with Crippen molar-refractivity contribution in [1.29, 1.82) is 0 Å². The average molecular weight is 826 g/mol. The van der Waals surface area contributed by atoms with Gasteiger partial charge in [-0.25, -0.2) is 9.59 Å². The van der Waals surface area contributed by atoms with Crippen LogP contribution in [-0.4, -0.2) is 124 Å². The minimum absolute atomic E-state index is 0.00386. The SMILES string of the molecule is CC(=O)OCC12C(OC(C)=O)C(OC(=O)c3ccccc3)C3C(O)C14OC3(C)COC(=O)c1cccnc1C(C)C(C)C(=O)OC(C(OC(C)=O)C2OC(C)=O)C4(C)O. The summed E-state index contributed by atoms with van der Waals surface area (Å²) in [6, 6.07) is 10.5. The normalized spacial score (nSPS) is 37.4. The molecule has 0 radical (unpaired) electrons. The van der Waals surface area contributed by atoms with E-state index in [1.165, 1.54) is 44.3 Å². The zero-order chi connectivity index (χ0) is 43.4. The Morgan fingerprint density at radius 2 is 1.42 bits per heavy atom. The van der Waals surface area contributed by atoms with Crippen molar-refractivity contribution >= 4 is 41.8 Å². The Hall–Kier alpha value is -5.46. The molecule has 3 fully saturated rings. The van der Waals surface area contributed by atoms with Crippen molar-refractivity contribution in [2.75, 3.05) is 13.2 Å². The van der Waals surface area contributed by atoms with Gasteiger partial charge in [0, 0.05) is 39.8 Å². The molecule has 13 atom stereocenters. The maximum absolute atomic E-state index is 14.3. The number of cyclic esters (lactones) is 1. The predicted octanol–water partition coefficient (Wildman–Crippen LogP) is 1.76. The van der Waals surface area contributed by atoms with Gasteiger partial charge in [0.1, 0.15) is 41.5 Å². The van der Waals surface area contributed by atoms with Crippen molar-refractivity contribution in [2.45, 2.75) is 115 Å². The Morgan fingerprint density at radius 1 is 0.814 bits per heavy atom. The lowest BCUT2D eigenvalue weighted by Gasteiger charge is -2.67. The Kier molecular flexibility index (Phi) is 11.4. The molecule has 2 aliphatic heterocycles. The zero-order valence-corrected chi connectivity index (χ0v) is 33.7. The monoisotopic (exact) mass is 825 g/mol. The van der Waals surface area contributed by atoms with E-state index >= 15 is 0 Å². The van der Waals surface area contributed by atoms with E-state index in [2.05, 4.69) is 4.98 Å². The molecule has 0 amide bonds. The number of hydrogen-bond donors (Lipinski definition) is 2. The van der Waals surface area contributed by atoms with Gasteiger partial charge in [-0.2, -0.15) is 0 Å². The van der Waals surface area contributed by atoms with Gasteiger partial charge in [-0.1, -0.05) is 32.0 Å². The molecular formula is C41H47NO17. The molecule has 1 aromatic heterocycles. The molecule has 18 nitrogen and oxygen atoms in total. The highest BCUT2D eigenvalue weighted by Gasteiger charge is 2.91. The molecule has 3 heterocycles. The van der Waals surface area contributed by atoms with Gasteiger partial charge in [0.25, 0.3) is 0 Å². The first-order valence-corrected chi connectivity index (χ1v) is 19.0. The van der Waals surface area contributed by atoms with E-state index in [-0.39, 0.29) is 16.8 Å². The van der Waals surface area contributed by atoms with Crippen molar-refractivity contribution in [3.63, 3.8) is 0 Å².